The van der Waals surface area contributed by atoms with Crippen molar-refractivity contribution in [2.24, 2.45) is 0 Å². The van der Waals surface area contributed by atoms with Crippen molar-refractivity contribution in [3.8, 4) is 11.5 Å². The second kappa shape index (κ2) is 6.33. The Morgan fingerprint density at radius 2 is 2.20 bits per heavy atom. The molecule has 0 spiro atoms. The maximum Gasteiger partial charge on any atom is 0.255 e. The average molecular weight is 342 g/mol. The van der Waals surface area contributed by atoms with Gasteiger partial charge in [-0.2, -0.15) is 5.21 Å². The van der Waals surface area contributed by atoms with E-state index >= 15 is 0 Å². The predicted octanol–water partition coefficient (Wildman–Crippen LogP) is 0.909. The first-order chi connectivity index (χ1) is 9.65. The van der Waals surface area contributed by atoms with E-state index in [4.69, 9.17) is 9.47 Å². The van der Waals surface area contributed by atoms with Gasteiger partial charge in [-0.15, -0.1) is 10.2 Å². The summed E-state index contributed by atoms with van der Waals surface area (Å²) in [7, 11) is 3.01. The number of ether oxygens (including phenoxy) is 2. The lowest BCUT2D eigenvalue weighted by Gasteiger charge is -2.12. The molecule has 0 unspecified atom stereocenters. The monoisotopic (exact) mass is 341 g/mol. The molecule has 1 amide bonds. The number of aromatic amines is 1. The third-order valence-electron chi connectivity index (χ3n) is 2.50. The van der Waals surface area contributed by atoms with Crippen LogP contribution < -0.4 is 14.8 Å². The second-order valence-electron chi connectivity index (χ2n) is 3.70. The summed E-state index contributed by atoms with van der Waals surface area (Å²) >= 11 is 3.33. The van der Waals surface area contributed by atoms with Crippen LogP contribution in [0.1, 0.15) is 16.2 Å². The van der Waals surface area contributed by atoms with Crippen LogP contribution in [0.15, 0.2) is 16.6 Å². The standard InChI is InChI=1S/C11H12BrN5O3/c1-19-6-3-7(10(20-2)8(12)4-6)11(18)13-5-9-14-16-17-15-9/h3-4H,5H2,1-2H3,(H,13,18)(H,14,15,16,17). The van der Waals surface area contributed by atoms with Crippen LogP contribution in [0.2, 0.25) is 0 Å². The molecule has 20 heavy (non-hydrogen) atoms. The highest BCUT2D eigenvalue weighted by molar-refractivity contribution is 9.10. The summed E-state index contributed by atoms with van der Waals surface area (Å²) in [6.07, 6.45) is 0. The Morgan fingerprint density at radius 1 is 1.40 bits per heavy atom. The number of amides is 1. The average Bonchev–Trinajstić information content (AvgIpc) is 2.97. The molecule has 0 atom stereocenters. The van der Waals surface area contributed by atoms with Crippen LogP contribution in [-0.4, -0.2) is 40.8 Å². The highest BCUT2D eigenvalue weighted by atomic mass is 79.9. The number of carbonyl (C=O) groups is 1. The predicted molar refractivity (Wildman–Crippen MR) is 72.6 cm³/mol. The van der Waals surface area contributed by atoms with E-state index < -0.39 is 0 Å². The Hall–Kier alpha value is -2.16. The van der Waals surface area contributed by atoms with Gasteiger partial charge in [0.25, 0.3) is 5.91 Å². The Morgan fingerprint density at radius 3 is 2.80 bits per heavy atom. The molecule has 0 fully saturated rings. The van der Waals surface area contributed by atoms with E-state index in [1.807, 2.05) is 0 Å². The van der Waals surface area contributed by atoms with E-state index in [2.05, 4.69) is 41.9 Å². The van der Waals surface area contributed by atoms with E-state index in [1.54, 1.807) is 12.1 Å². The van der Waals surface area contributed by atoms with Crippen LogP contribution >= 0.6 is 15.9 Å². The second-order valence-corrected chi connectivity index (χ2v) is 4.56. The molecule has 0 saturated carbocycles. The molecule has 0 aliphatic rings. The molecule has 9 heteroatoms. The van der Waals surface area contributed by atoms with E-state index in [-0.39, 0.29) is 12.5 Å². The topological polar surface area (TPSA) is 102 Å². The Bertz CT molecular complexity index is 602. The zero-order valence-electron chi connectivity index (χ0n) is 10.8. The fourth-order valence-electron chi connectivity index (χ4n) is 1.57. The lowest BCUT2D eigenvalue weighted by molar-refractivity contribution is 0.0946. The normalized spacial score (nSPS) is 10.2. The number of H-pyrrole nitrogens is 1. The first-order valence-corrected chi connectivity index (χ1v) is 6.37. The van der Waals surface area contributed by atoms with E-state index in [0.717, 1.165) is 0 Å². The summed E-state index contributed by atoms with van der Waals surface area (Å²) in [4.78, 5) is 12.2. The van der Waals surface area contributed by atoms with Crippen LogP contribution in [0.3, 0.4) is 0 Å². The summed E-state index contributed by atoms with van der Waals surface area (Å²) in [5, 5.41) is 15.9. The molecular weight excluding hydrogens is 330 g/mol. The third kappa shape index (κ3) is 3.05. The summed E-state index contributed by atoms with van der Waals surface area (Å²) in [5.41, 5.74) is 0.349. The number of nitrogens with one attached hydrogen (secondary N) is 2. The fourth-order valence-corrected chi connectivity index (χ4v) is 2.18. The number of hydrogen-bond acceptors (Lipinski definition) is 6. The molecule has 1 aromatic carbocycles. The fraction of sp³-hybridized carbons (Fsp3) is 0.273. The first-order valence-electron chi connectivity index (χ1n) is 5.57. The molecule has 1 aromatic heterocycles. The van der Waals surface area contributed by atoms with Crippen LogP contribution in [0.25, 0.3) is 0 Å². The largest absolute Gasteiger partial charge is 0.497 e. The number of methoxy groups -OCH3 is 2. The molecule has 1 heterocycles. The molecule has 2 N–H and O–H groups in total. The van der Waals surface area contributed by atoms with Crippen LogP contribution in [0.5, 0.6) is 11.5 Å². The summed E-state index contributed by atoms with van der Waals surface area (Å²) in [5.74, 6) is 1.03. The van der Waals surface area contributed by atoms with E-state index in [1.165, 1.54) is 14.2 Å². The molecule has 0 aliphatic heterocycles. The van der Waals surface area contributed by atoms with Gasteiger partial charge >= 0.3 is 0 Å². The highest BCUT2D eigenvalue weighted by Gasteiger charge is 2.17. The maximum atomic E-state index is 12.2. The van der Waals surface area contributed by atoms with Crippen molar-refractivity contribution in [2.45, 2.75) is 6.54 Å². The molecule has 0 aliphatic carbocycles. The quantitative estimate of drug-likeness (QED) is 0.837. The van der Waals surface area contributed by atoms with Crippen molar-refractivity contribution in [2.75, 3.05) is 14.2 Å². The lowest BCUT2D eigenvalue weighted by atomic mass is 10.1. The minimum absolute atomic E-state index is 0.160. The molecule has 2 rings (SSSR count). The number of halogens is 1. The minimum atomic E-state index is -0.328. The number of tetrazole rings is 1. The van der Waals surface area contributed by atoms with Gasteiger partial charge in [-0.3, -0.25) is 4.79 Å². The van der Waals surface area contributed by atoms with Gasteiger partial charge in [-0.05, 0) is 28.1 Å². The van der Waals surface area contributed by atoms with Gasteiger partial charge in [0, 0.05) is 0 Å². The maximum absolute atomic E-state index is 12.2. The Balaban J connectivity index is 2.21. The molecule has 106 valence electrons. The van der Waals surface area contributed by atoms with Gasteiger partial charge in [0.15, 0.2) is 5.82 Å². The van der Waals surface area contributed by atoms with Crippen LogP contribution in [0.4, 0.5) is 0 Å². The molecule has 0 saturated heterocycles. The van der Waals surface area contributed by atoms with Crippen molar-refractivity contribution < 1.29 is 14.3 Å². The van der Waals surface area contributed by atoms with Crippen LogP contribution in [-0.2, 0) is 6.54 Å². The Labute approximate surface area is 123 Å². The highest BCUT2D eigenvalue weighted by Crippen LogP contribution is 2.33. The molecule has 8 nitrogen and oxygen atoms in total. The van der Waals surface area contributed by atoms with Gasteiger partial charge in [-0.25, -0.2) is 0 Å². The van der Waals surface area contributed by atoms with Crippen molar-refractivity contribution in [3.63, 3.8) is 0 Å². The first kappa shape index (κ1) is 14.3. The summed E-state index contributed by atoms with van der Waals surface area (Å²) in [6.45, 7) is 0.160. The number of hydrogen-bond donors (Lipinski definition) is 2. The zero-order chi connectivity index (χ0) is 14.5. The zero-order valence-corrected chi connectivity index (χ0v) is 12.4. The number of carbonyl (C=O) groups excluding carboxylic acids is 1. The van der Waals surface area contributed by atoms with Gasteiger partial charge in [0.05, 0.1) is 30.8 Å². The SMILES string of the molecule is COc1cc(Br)c(OC)c(C(=O)NCc2nn[nH]n2)c1. The van der Waals surface area contributed by atoms with Gasteiger partial charge < -0.3 is 14.8 Å². The van der Waals surface area contributed by atoms with Gasteiger partial charge in [0.2, 0.25) is 0 Å². The lowest BCUT2D eigenvalue weighted by Crippen LogP contribution is -2.24. The van der Waals surface area contributed by atoms with Crippen molar-refractivity contribution in [3.05, 3.63) is 28.0 Å². The van der Waals surface area contributed by atoms with Crippen molar-refractivity contribution in [1.29, 1.82) is 0 Å². The number of aromatic nitrogens is 4. The molecule has 2 aromatic rings. The van der Waals surface area contributed by atoms with Crippen molar-refractivity contribution >= 4 is 21.8 Å². The number of nitrogens with zero attached hydrogens (tertiary/aromatic N) is 3. The van der Waals surface area contributed by atoms with Gasteiger partial charge in [-0.1, -0.05) is 5.21 Å². The van der Waals surface area contributed by atoms with Gasteiger partial charge in [0.1, 0.15) is 11.5 Å². The van der Waals surface area contributed by atoms with Crippen LogP contribution in [0, 0.1) is 0 Å². The number of benzene rings is 1. The number of rotatable bonds is 5. The third-order valence-corrected chi connectivity index (χ3v) is 3.09. The minimum Gasteiger partial charge on any atom is -0.497 e. The molecule has 0 bridgehead atoms. The van der Waals surface area contributed by atoms with E-state index in [0.29, 0.717) is 27.4 Å². The smallest absolute Gasteiger partial charge is 0.255 e. The summed E-state index contributed by atoms with van der Waals surface area (Å²) < 4.78 is 11.0. The Kier molecular flexibility index (Phi) is 4.51. The molecule has 0 radical (unpaired) electrons. The molecular formula is C11H12BrN5O3. The van der Waals surface area contributed by atoms with Crippen molar-refractivity contribution in [1.82, 2.24) is 25.9 Å². The van der Waals surface area contributed by atoms with E-state index in [9.17, 15) is 4.79 Å². The summed E-state index contributed by atoms with van der Waals surface area (Å²) in [6, 6.07) is 3.31.